The maximum Gasteiger partial charge on any atom is 0.248 e. The fraction of sp³-hybridized carbons (Fsp3) is 0.0690. The molecular formula is C29H27N9O2. The lowest BCUT2D eigenvalue weighted by atomic mass is 10.1. The number of hydrogen-bond donors (Lipinski definition) is 5. The molecule has 0 unspecified atom stereocenters. The fourth-order valence-corrected chi connectivity index (χ4v) is 4.35. The van der Waals surface area contributed by atoms with Crippen molar-refractivity contribution in [3.63, 3.8) is 0 Å². The van der Waals surface area contributed by atoms with E-state index in [2.05, 4.69) is 14.9 Å². The lowest BCUT2D eigenvalue weighted by molar-refractivity contribution is 0.0992. The average molecular weight is 534 g/mol. The van der Waals surface area contributed by atoms with E-state index in [4.69, 9.17) is 32.9 Å². The minimum Gasteiger partial charge on any atom is -0.370 e. The van der Waals surface area contributed by atoms with Crippen LogP contribution in [-0.2, 0) is 0 Å². The van der Waals surface area contributed by atoms with E-state index < -0.39 is 11.8 Å². The van der Waals surface area contributed by atoms with Gasteiger partial charge in [0.15, 0.2) is 5.96 Å². The van der Waals surface area contributed by atoms with Crippen molar-refractivity contribution in [1.82, 2.24) is 9.55 Å². The topological polar surface area (TPSA) is 193 Å². The predicted molar refractivity (Wildman–Crippen MR) is 156 cm³/mol. The Balaban J connectivity index is 1.71. The number of nitrogens with zero attached hydrogens (tertiary/aromatic N) is 4. The summed E-state index contributed by atoms with van der Waals surface area (Å²) in [4.78, 5) is 36.9. The molecule has 0 spiro atoms. The van der Waals surface area contributed by atoms with Crippen LogP contribution < -0.4 is 33.6 Å². The van der Waals surface area contributed by atoms with Gasteiger partial charge in [0.05, 0.1) is 46.6 Å². The number of hydrogen-bond acceptors (Lipinski definition) is 6. The molecule has 0 radical (unpaired) electrons. The zero-order valence-corrected chi connectivity index (χ0v) is 21.4. The molecule has 40 heavy (non-hydrogen) atoms. The molecule has 5 rings (SSSR count). The molecule has 0 saturated carbocycles. The van der Waals surface area contributed by atoms with Crippen LogP contribution in [0.5, 0.6) is 0 Å². The molecule has 11 heteroatoms. The van der Waals surface area contributed by atoms with Gasteiger partial charge in [-0.05, 0) is 72.8 Å². The molecular weight excluding hydrogens is 506 g/mol. The summed E-state index contributed by atoms with van der Waals surface area (Å²) < 4.78 is 2.06. The van der Waals surface area contributed by atoms with Crippen LogP contribution in [-0.4, -0.2) is 40.4 Å². The number of primary amides is 2. The van der Waals surface area contributed by atoms with Crippen LogP contribution in [0.2, 0.25) is 0 Å². The van der Waals surface area contributed by atoms with Crippen molar-refractivity contribution in [2.75, 3.05) is 18.4 Å². The van der Waals surface area contributed by atoms with Gasteiger partial charge in [-0.3, -0.25) is 19.6 Å². The standard InChI is InChI=1S/C29H27N9O2/c30-27(39)17-5-9-19(10-6-17)36-23-15-24-26(16-22(23)34-13-14-35-29(32)33)38(25-4-2-1-3-21(25)37-24)20-11-7-18(8-12-20)28(31)40/h1-12,15-16,36H,13-14H2,(H2,30,39)(H2,31,40)(H4,32,33,35)/b34-22+. The van der Waals surface area contributed by atoms with E-state index in [1.165, 1.54) is 0 Å². The summed E-state index contributed by atoms with van der Waals surface area (Å²) in [6.07, 6.45) is 0. The van der Waals surface area contributed by atoms with Gasteiger partial charge in [-0.15, -0.1) is 0 Å². The van der Waals surface area contributed by atoms with Crippen LogP contribution in [0.3, 0.4) is 0 Å². The first-order chi connectivity index (χ1) is 19.3. The lowest BCUT2D eigenvalue weighted by Crippen LogP contribution is -2.23. The van der Waals surface area contributed by atoms with Crippen molar-refractivity contribution in [1.29, 1.82) is 0 Å². The quantitative estimate of drug-likeness (QED) is 0.0878. The Kier molecular flexibility index (Phi) is 7.10. The number of nitrogens with two attached hydrogens (primary N) is 4. The largest absolute Gasteiger partial charge is 0.370 e. The van der Waals surface area contributed by atoms with Crippen LogP contribution in [0.4, 0.5) is 11.4 Å². The number of carbonyl (C=O) groups excluding carboxylic acids is 2. The van der Waals surface area contributed by atoms with Gasteiger partial charge in [-0.2, -0.15) is 0 Å². The van der Waals surface area contributed by atoms with E-state index in [1.807, 2.05) is 48.5 Å². The molecule has 2 amide bonds. The molecule has 0 bridgehead atoms. The molecule has 0 aromatic heterocycles. The minimum atomic E-state index is -0.503. The Morgan fingerprint density at radius 1 is 0.800 bits per heavy atom. The van der Waals surface area contributed by atoms with Gasteiger partial charge >= 0.3 is 0 Å². The zero-order valence-electron chi connectivity index (χ0n) is 21.4. The summed E-state index contributed by atoms with van der Waals surface area (Å²) in [5.41, 5.74) is 28.0. The van der Waals surface area contributed by atoms with E-state index in [-0.39, 0.29) is 5.96 Å². The Labute approximate surface area is 229 Å². The summed E-state index contributed by atoms with van der Waals surface area (Å²) in [7, 11) is 0. The average Bonchev–Trinajstić information content (AvgIpc) is 2.94. The zero-order chi connectivity index (χ0) is 28.2. The number of rotatable bonds is 8. The summed E-state index contributed by atoms with van der Waals surface area (Å²) in [5, 5.41) is 4.03. The number of guanidine groups is 1. The smallest absolute Gasteiger partial charge is 0.248 e. The molecule has 1 aliphatic carbocycles. The Hall–Kier alpha value is -5.71. The molecule has 3 aromatic carbocycles. The second kappa shape index (κ2) is 11.0. The summed E-state index contributed by atoms with van der Waals surface area (Å²) >= 11 is 0. The van der Waals surface area contributed by atoms with Crippen molar-refractivity contribution in [3.8, 4) is 17.1 Å². The minimum absolute atomic E-state index is 0.00507. The number of aromatic nitrogens is 2. The number of fused-ring (bicyclic) bond motifs is 2. The number of benzene rings is 4. The molecule has 1 aliphatic heterocycles. The van der Waals surface area contributed by atoms with Gasteiger partial charge in [-0.1, -0.05) is 12.1 Å². The third-order valence-corrected chi connectivity index (χ3v) is 6.23. The first-order valence-corrected chi connectivity index (χ1v) is 12.4. The number of carbonyl (C=O) groups is 2. The SMILES string of the molecule is NC(=O)c1ccc(Nc2cc3nc4ccccc4n(-c4ccc(C(N)=O)cc4)c-3c/c2=N\CCN=C(N)N)cc1. The molecule has 11 nitrogen and oxygen atoms in total. The van der Waals surface area contributed by atoms with Gasteiger partial charge in [0.2, 0.25) is 11.8 Å². The summed E-state index contributed by atoms with van der Waals surface area (Å²) in [6, 6.07) is 25.5. The van der Waals surface area contributed by atoms with E-state index in [1.54, 1.807) is 36.4 Å². The maximum atomic E-state index is 11.7. The molecule has 3 aromatic rings. The van der Waals surface area contributed by atoms with Crippen molar-refractivity contribution >= 4 is 40.2 Å². The van der Waals surface area contributed by atoms with Crippen molar-refractivity contribution in [2.45, 2.75) is 0 Å². The molecule has 9 N–H and O–H groups in total. The molecule has 0 saturated heterocycles. The number of aliphatic imine (C=N–C) groups is 1. The normalized spacial score (nSPS) is 11.4. The van der Waals surface area contributed by atoms with Crippen LogP contribution in [0, 0.1) is 0 Å². The summed E-state index contributed by atoms with van der Waals surface area (Å²) in [5.74, 6) is -1.01. The number of nitrogens with one attached hydrogen (secondary N) is 1. The van der Waals surface area contributed by atoms with E-state index >= 15 is 0 Å². The highest BCUT2D eigenvalue weighted by molar-refractivity contribution is 5.94. The lowest BCUT2D eigenvalue weighted by Gasteiger charge is -2.20. The maximum absolute atomic E-state index is 11.7. The molecule has 2 aliphatic rings. The third-order valence-electron chi connectivity index (χ3n) is 6.23. The third kappa shape index (κ3) is 5.43. The van der Waals surface area contributed by atoms with Crippen LogP contribution in [0.25, 0.3) is 28.1 Å². The van der Waals surface area contributed by atoms with Gasteiger partial charge in [0, 0.05) is 22.5 Å². The highest BCUT2D eigenvalue weighted by atomic mass is 16.1. The first-order valence-electron chi connectivity index (χ1n) is 12.4. The van der Waals surface area contributed by atoms with Crippen molar-refractivity contribution in [3.05, 3.63) is 101 Å². The second-order valence-corrected chi connectivity index (χ2v) is 8.96. The van der Waals surface area contributed by atoms with Gasteiger partial charge in [0.1, 0.15) is 0 Å². The molecule has 1 heterocycles. The Morgan fingerprint density at radius 3 is 2.10 bits per heavy atom. The Morgan fingerprint density at radius 2 is 1.45 bits per heavy atom. The summed E-state index contributed by atoms with van der Waals surface area (Å²) in [6.45, 7) is 0.657. The Bertz CT molecular complexity index is 1790. The number of amides is 2. The van der Waals surface area contributed by atoms with E-state index in [9.17, 15) is 9.59 Å². The van der Waals surface area contributed by atoms with Gasteiger partial charge in [0.25, 0.3) is 0 Å². The predicted octanol–water partition coefficient (Wildman–Crippen LogP) is 2.25. The number of para-hydroxylation sites is 2. The number of anilines is 2. The fourth-order valence-electron chi connectivity index (χ4n) is 4.35. The van der Waals surface area contributed by atoms with Crippen LogP contribution >= 0.6 is 0 Å². The molecule has 200 valence electrons. The van der Waals surface area contributed by atoms with Crippen LogP contribution in [0.15, 0.2) is 94.9 Å². The molecule has 0 fully saturated rings. The highest BCUT2D eigenvalue weighted by Crippen LogP contribution is 2.30. The van der Waals surface area contributed by atoms with E-state index in [0.717, 1.165) is 28.1 Å². The highest BCUT2D eigenvalue weighted by Gasteiger charge is 2.17. The van der Waals surface area contributed by atoms with Crippen LogP contribution in [0.1, 0.15) is 20.7 Å². The second-order valence-electron chi connectivity index (χ2n) is 8.96. The van der Waals surface area contributed by atoms with Crippen molar-refractivity contribution in [2.24, 2.45) is 32.9 Å². The first kappa shape index (κ1) is 25.9. The monoisotopic (exact) mass is 533 g/mol. The molecule has 0 atom stereocenters. The van der Waals surface area contributed by atoms with Gasteiger partial charge in [-0.25, -0.2) is 4.98 Å². The van der Waals surface area contributed by atoms with E-state index in [0.29, 0.717) is 41.0 Å². The van der Waals surface area contributed by atoms with Gasteiger partial charge < -0.3 is 32.8 Å². The van der Waals surface area contributed by atoms with Crippen molar-refractivity contribution < 1.29 is 9.59 Å².